The molecule has 1 aromatic carbocycles. The lowest BCUT2D eigenvalue weighted by atomic mass is 9.66. The summed E-state index contributed by atoms with van der Waals surface area (Å²) in [6, 6.07) is 8.56. The molecule has 0 saturated heterocycles. The molecule has 112 valence electrons. The van der Waals surface area contributed by atoms with Gasteiger partial charge in [0.15, 0.2) is 0 Å². The molecule has 1 N–H and O–H groups in total. The van der Waals surface area contributed by atoms with Gasteiger partial charge in [-0.1, -0.05) is 42.3 Å². The van der Waals surface area contributed by atoms with Crippen molar-refractivity contribution in [3.63, 3.8) is 0 Å². The lowest BCUT2D eigenvalue weighted by Gasteiger charge is -2.32. The molecule has 2 rings (SSSR count). The SMILES string of the molecule is CC1=C(C)C(C)=C(C)C(C)C(C)(c2ccc(C)cc2)C1=[OH+]. The Labute approximate surface area is 128 Å². The first-order valence-corrected chi connectivity index (χ1v) is 7.70. The Bertz CT molecular complexity index is 643. The molecule has 21 heavy (non-hydrogen) atoms. The number of hydrogen-bond acceptors (Lipinski definition) is 0. The maximum absolute atomic E-state index is 11.0. The van der Waals surface area contributed by atoms with Crippen LogP contribution in [0.25, 0.3) is 0 Å². The summed E-state index contributed by atoms with van der Waals surface area (Å²) in [4.78, 5) is 11.0. The molecule has 1 heteroatoms. The predicted molar refractivity (Wildman–Crippen MR) is 91.4 cm³/mol. The number of hydrogen-bond donors (Lipinski definition) is 0. The molecular formula is C20H27O+. The third-order valence-electron chi connectivity index (χ3n) is 5.73. The van der Waals surface area contributed by atoms with Crippen LogP contribution in [0, 0.1) is 12.8 Å². The lowest BCUT2D eigenvalue weighted by molar-refractivity contribution is 0.440. The molecule has 1 nitrogen and oxygen atoms in total. The van der Waals surface area contributed by atoms with Crippen LogP contribution in [0.4, 0.5) is 0 Å². The van der Waals surface area contributed by atoms with E-state index < -0.39 is 0 Å². The van der Waals surface area contributed by atoms with Crippen LogP contribution in [0.15, 0.2) is 46.6 Å². The van der Waals surface area contributed by atoms with Crippen LogP contribution in [0.2, 0.25) is 0 Å². The number of rotatable bonds is 1. The minimum Gasteiger partial charge on any atom is -0.277 e. The summed E-state index contributed by atoms with van der Waals surface area (Å²) >= 11 is 0. The Balaban J connectivity index is 2.72. The van der Waals surface area contributed by atoms with Crippen molar-refractivity contribution in [1.82, 2.24) is 0 Å². The molecule has 0 heterocycles. The number of benzene rings is 1. The first-order chi connectivity index (χ1) is 9.71. The normalized spacial score (nSPS) is 27.2. The van der Waals surface area contributed by atoms with Gasteiger partial charge < -0.3 is 0 Å². The van der Waals surface area contributed by atoms with E-state index in [-0.39, 0.29) is 11.3 Å². The molecule has 0 radical (unpaired) electrons. The molecule has 0 spiro atoms. The van der Waals surface area contributed by atoms with Crippen LogP contribution >= 0.6 is 0 Å². The Morgan fingerprint density at radius 3 is 1.90 bits per heavy atom. The van der Waals surface area contributed by atoms with E-state index in [1.807, 2.05) is 6.92 Å². The van der Waals surface area contributed by atoms with Crippen LogP contribution < -0.4 is 0 Å². The van der Waals surface area contributed by atoms with E-state index >= 15 is 0 Å². The second-order valence-electron chi connectivity index (χ2n) is 6.70. The van der Waals surface area contributed by atoms with E-state index in [9.17, 15) is 4.79 Å². The third kappa shape index (κ3) is 2.29. The summed E-state index contributed by atoms with van der Waals surface area (Å²) < 4.78 is 0. The van der Waals surface area contributed by atoms with Crippen molar-refractivity contribution in [2.75, 3.05) is 0 Å². The van der Waals surface area contributed by atoms with Crippen molar-refractivity contribution in [3.05, 3.63) is 57.7 Å². The molecule has 0 fully saturated rings. The molecule has 0 aliphatic heterocycles. The number of allylic oxidation sites excluding steroid dienone is 4. The van der Waals surface area contributed by atoms with Gasteiger partial charge in [0.25, 0.3) is 0 Å². The zero-order valence-electron chi connectivity index (χ0n) is 14.3. The molecule has 0 saturated carbocycles. The highest BCUT2D eigenvalue weighted by atomic mass is 16.1. The zero-order chi connectivity index (χ0) is 15.9. The average molecular weight is 283 g/mol. The molecule has 1 aromatic rings. The Morgan fingerprint density at radius 1 is 0.857 bits per heavy atom. The van der Waals surface area contributed by atoms with E-state index in [1.165, 1.54) is 27.8 Å². The van der Waals surface area contributed by atoms with E-state index in [2.05, 4.69) is 65.8 Å². The number of aryl methyl sites for hydroxylation is 1. The molecule has 1 aliphatic rings. The maximum Gasteiger partial charge on any atom is 0.330 e. The van der Waals surface area contributed by atoms with E-state index in [1.54, 1.807) is 0 Å². The predicted octanol–water partition coefficient (Wildman–Crippen LogP) is 5.12. The molecule has 0 amide bonds. The van der Waals surface area contributed by atoms with Crippen LogP contribution in [-0.2, 0) is 5.41 Å². The van der Waals surface area contributed by atoms with Crippen molar-refractivity contribution in [3.8, 4) is 0 Å². The molecule has 0 bridgehead atoms. The summed E-state index contributed by atoms with van der Waals surface area (Å²) in [5.41, 5.74) is 6.93. The van der Waals surface area contributed by atoms with Gasteiger partial charge in [0.2, 0.25) is 0 Å². The van der Waals surface area contributed by atoms with Gasteiger partial charge in [0.05, 0.1) is 5.57 Å². The lowest BCUT2D eigenvalue weighted by Crippen LogP contribution is -2.40. The fraction of sp³-hybridized carbons (Fsp3) is 0.450. The van der Waals surface area contributed by atoms with Crippen molar-refractivity contribution < 1.29 is 4.79 Å². The zero-order valence-corrected chi connectivity index (χ0v) is 14.3. The first-order valence-electron chi connectivity index (χ1n) is 7.70. The molecule has 2 unspecified atom stereocenters. The van der Waals surface area contributed by atoms with Gasteiger partial charge in [-0.2, -0.15) is 0 Å². The summed E-state index contributed by atoms with van der Waals surface area (Å²) in [6.07, 6.45) is 0. The molecule has 0 aromatic heterocycles. The van der Waals surface area contributed by atoms with Gasteiger partial charge in [0.1, 0.15) is 5.41 Å². The molecule has 1 aliphatic carbocycles. The van der Waals surface area contributed by atoms with Crippen LogP contribution in [0.3, 0.4) is 0 Å². The quantitative estimate of drug-likeness (QED) is 0.638. The van der Waals surface area contributed by atoms with Gasteiger partial charge >= 0.3 is 5.78 Å². The minimum absolute atomic E-state index is 0.257. The summed E-state index contributed by atoms with van der Waals surface area (Å²) in [7, 11) is 0. The maximum atomic E-state index is 11.0. The van der Waals surface area contributed by atoms with Gasteiger partial charge in [-0.15, -0.1) is 0 Å². The largest absolute Gasteiger partial charge is 0.330 e. The van der Waals surface area contributed by atoms with Gasteiger partial charge in [-0.3, -0.25) is 4.79 Å². The van der Waals surface area contributed by atoms with Gasteiger partial charge in [-0.05, 0) is 64.2 Å². The van der Waals surface area contributed by atoms with E-state index in [4.69, 9.17) is 0 Å². The second kappa shape index (κ2) is 5.29. The molecule has 2 atom stereocenters. The first kappa shape index (κ1) is 15.8. The van der Waals surface area contributed by atoms with Crippen molar-refractivity contribution in [2.45, 2.75) is 53.9 Å². The fourth-order valence-corrected chi connectivity index (χ4v) is 3.39. The highest BCUT2D eigenvalue weighted by Crippen LogP contribution is 2.43. The van der Waals surface area contributed by atoms with Crippen LogP contribution in [0.5, 0.6) is 0 Å². The number of ketones is 1. The molecular weight excluding hydrogens is 256 g/mol. The monoisotopic (exact) mass is 283 g/mol. The van der Waals surface area contributed by atoms with Gasteiger partial charge in [0, 0.05) is 0 Å². The smallest absolute Gasteiger partial charge is 0.277 e. The Hall–Kier alpha value is -1.63. The van der Waals surface area contributed by atoms with E-state index in [0.717, 1.165) is 5.57 Å². The van der Waals surface area contributed by atoms with Gasteiger partial charge in [-0.25, -0.2) is 0 Å². The van der Waals surface area contributed by atoms with E-state index in [0.29, 0.717) is 5.78 Å². The standard InChI is InChI=1S/C20H26O/c1-12-8-10-18(11-9-12)20(7)17(6)15(4)13(2)14(3)16(5)19(20)21/h8-11,17H,1-7H3/p+1. The Kier molecular flexibility index (Phi) is 3.97. The summed E-state index contributed by atoms with van der Waals surface area (Å²) in [5, 5.41) is 0. The van der Waals surface area contributed by atoms with Crippen LogP contribution in [-0.4, -0.2) is 10.6 Å². The summed E-state index contributed by atoms with van der Waals surface area (Å²) in [5.74, 6) is 0.764. The van der Waals surface area contributed by atoms with Crippen molar-refractivity contribution in [2.24, 2.45) is 5.92 Å². The van der Waals surface area contributed by atoms with Crippen molar-refractivity contribution >= 4 is 5.78 Å². The minimum atomic E-state index is -0.374. The third-order valence-corrected chi connectivity index (χ3v) is 5.73. The highest BCUT2D eigenvalue weighted by molar-refractivity contribution is 6.05. The fourth-order valence-electron chi connectivity index (χ4n) is 3.39. The second-order valence-corrected chi connectivity index (χ2v) is 6.70. The number of carbonyl (C=O) groups excluding carboxylic acids is 1. The average Bonchev–Trinajstić information content (AvgIpc) is 2.52. The topological polar surface area (TPSA) is 21.4 Å². The Morgan fingerprint density at radius 2 is 1.38 bits per heavy atom. The summed E-state index contributed by atoms with van der Waals surface area (Å²) in [6.45, 7) is 15.0. The van der Waals surface area contributed by atoms with Crippen LogP contribution in [0.1, 0.15) is 52.7 Å². The highest BCUT2D eigenvalue weighted by Gasteiger charge is 2.48. The van der Waals surface area contributed by atoms with Crippen molar-refractivity contribution in [1.29, 1.82) is 0 Å².